The fraction of sp³-hybridized carbons (Fsp3) is 0.463. The zero-order chi connectivity index (χ0) is 30.7. The van der Waals surface area contributed by atoms with Crippen molar-refractivity contribution < 1.29 is 4.79 Å². The molecule has 0 bridgehead atoms. The number of fused-ring (bicyclic) bond motifs is 1. The second-order valence-corrected chi connectivity index (χ2v) is 13.3. The van der Waals surface area contributed by atoms with E-state index >= 15 is 0 Å². The predicted molar refractivity (Wildman–Crippen MR) is 186 cm³/mol. The van der Waals surface area contributed by atoms with E-state index in [9.17, 15) is 4.79 Å². The maximum Gasteiger partial charge on any atom is 0.161 e. The summed E-state index contributed by atoms with van der Waals surface area (Å²) in [6.45, 7) is 9.06. The zero-order valence-corrected chi connectivity index (χ0v) is 27.4. The van der Waals surface area contributed by atoms with E-state index in [4.69, 9.17) is 0 Å². The number of Topliss-reactive ketones (excluding diaryl/α,β-unsaturated/α-hetero) is 1. The third-order valence-corrected chi connectivity index (χ3v) is 9.60. The van der Waals surface area contributed by atoms with Gasteiger partial charge in [-0.25, -0.2) is 0 Å². The highest BCUT2D eigenvalue weighted by atomic mass is 16.1. The Labute approximate surface area is 266 Å². The van der Waals surface area contributed by atoms with Crippen molar-refractivity contribution in [3.63, 3.8) is 0 Å². The first-order valence-corrected chi connectivity index (χ1v) is 17.2. The highest BCUT2D eigenvalue weighted by Crippen LogP contribution is 2.34. The highest BCUT2D eigenvalue weighted by molar-refractivity contribution is 5.98. The molecule has 0 N–H and O–H groups in total. The van der Waals surface area contributed by atoms with Gasteiger partial charge in [-0.1, -0.05) is 85.5 Å². The number of aryl methyl sites for hydroxylation is 1. The lowest BCUT2D eigenvalue weighted by Crippen LogP contribution is -2.38. The van der Waals surface area contributed by atoms with Gasteiger partial charge in [0.1, 0.15) is 0 Å². The summed E-state index contributed by atoms with van der Waals surface area (Å²) in [7, 11) is 0. The van der Waals surface area contributed by atoms with Gasteiger partial charge in [-0.05, 0) is 130 Å². The van der Waals surface area contributed by atoms with Crippen molar-refractivity contribution in [2.45, 2.75) is 104 Å². The minimum absolute atomic E-state index is 0.304. The summed E-state index contributed by atoms with van der Waals surface area (Å²) < 4.78 is 0. The minimum Gasteiger partial charge on any atom is -0.300 e. The highest BCUT2D eigenvalue weighted by Gasteiger charge is 2.31. The minimum atomic E-state index is 0.304. The van der Waals surface area contributed by atoms with Crippen molar-refractivity contribution in [2.75, 3.05) is 13.1 Å². The largest absolute Gasteiger partial charge is 0.300 e. The van der Waals surface area contributed by atoms with Gasteiger partial charge in [-0.15, -0.1) is 0 Å². The molecule has 1 aromatic carbocycles. The van der Waals surface area contributed by atoms with Crippen LogP contribution in [0.3, 0.4) is 0 Å². The molecule has 3 nitrogen and oxygen atoms in total. The second kappa shape index (κ2) is 16.1. The number of carbonyl (C=O) groups is 1. The van der Waals surface area contributed by atoms with Crippen LogP contribution in [-0.2, 0) is 11.2 Å². The van der Waals surface area contributed by atoms with E-state index in [0.29, 0.717) is 11.7 Å². The maximum atomic E-state index is 12.6. The average Bonchev–Trinajstić information content (AvgIpc) is 3.90. The number of hydrogen-bond acceptors (Lipinski definition) is 3. The lowest BCUT2D eigenvalue weighted by molar-refractivity contribution is -0.116. The Bertz CT molecular complexity index is 1420. The fourth-order valence-electron chi connectivity index (χ4n) is 6.77. The molecule has 3 heterocycles. The number of benzene rings is 1. The Kier molecular flexibility index (Phi) is 11.8. The van der Waals surface area contributed by atoms with Crippen LogP contribution in [0.4, 0.5) is 0 Å². The molecular weight excluding hydrogens is 536 g/mol. The second-order valence-electron chi connectivity index (χ2n) is 13.3. The fourth-order valence-corrected chi connectivity index (χ4v) is 6.77. The molecule has 2 aromatic rings. The normalized spacial score (nSPS) is 19.4. The molecule has 2 aliphatic heterocycles. The van der Waals surface area contributed by atoms with Crippen molar-refractivity contribution in [3.8, 4) is 11.1 Å². The van der Waals surface area contributed by atoms with Crippen molar-refractivity contribution in [1.82, 2.24) is 9.88 Å². The van der Waals surface area contributed by atoms with Gasteiger partial charge in [-0.2, -0.15) is 0 Å². The molecule has 5 rings (SSSR count). The van der Waals surface area contributed by atoms with E-state index in [1.807, 2.05) is 18.5 Å². The van der Waals surface area contributed by atoms with E-state index in [1.165, 1.54) is 78.6 Å². The molecule has 1 atom stereocenters. The number of ketones is 1. The van der Waals surface area contributed by atoms with E-state index in [2.05, 4.69) is 91.3 Å². The number of piperidine rings is 1. The quantitative estimate of drug-likeness (QED) is 0.193. The molecule has 3 heteroatoms. The number of nitrogens with zero attached hydrogens (tertiary/aromatic N) is 2. The Hall–Kier alpha value is -3.30. The van der Waals surface area contributed by atoms with Crippen LogP contribution < -0.4 is 0 Å². The molecule has 1 unspecified atom stereocenters. The number of aromatic nitrogens is 1. The first kappa shape index (κ1) is 32.1. The zero-order valence-electron chi connectivity index (χ0n) is 27.4. The van der Waals surface area contributed by atoms with Crippen LogP contribution in [0.5, 0.6) is 0 Å². The number of rotatable bonds is 11. The number of hydrogen-bond donors (Lipinski definition) is 0. The summed E-state index contributed by atoms with van der Waals surface area (Å²) >= 11 is 0. The van der Waals surface area contributed by atoms with Gasteiger partial charge in [0.25, 0.3) is 0 Å². The smallest absolute Gasteiger partial charge is 0.161 e. The summed E-state index contributed by atoms with van der Waals surface area (Å²) in [6, 6.07) is 18.5. The van der Waals surface area contributed by atoms with Crippen molar-refractivity contribution >= 4 is 11.9 Å². The van der Waals surface area contributed by atoms with E-state index in [-0.39, 0.29) is 0 Å². The predicted octanol–water partition coefficient (Wildman–Crippen LogP) is 10.2. The SMILES string of the molecule is CCC/C(=C/CC/C(C)=C\c1ccncccc(-c2ccc(CC3=CCC4CCCCN4CC3)cc2)cc1C)C(=O)C1CC1. The lowest BCUT2D eigenvalue weighted by Gasteiger charge is -2.33. The first-order chi connectivity index (χ1) is 21.5. The average molecular weight is 589 g/mol. The summed E-state index contributed by atoms with van der Waals surface area (Å²) in [4.78, 5) is 19.8. The molecule has 44 heavy (non-hydrogen) atoms. The van der Waals surface area contributed by atoms with Crippen LogP contribution in [0, 0.1) is 12.8 Å². The third kappa shape index (κ3) is 9.35. The molecule has 3 aliphatic rings. The summed E-state index contributed by atoms with van der Waals surface area (Å²) in [5.41, 5.74) is 10.2. The van der Waals surface area contributed by atoms with Crippen molar-refractivity contribution in [3.05, 3.63) is 106 Å². The Morgan fingerprint density at radius 2 is 1.82 bits per heavy atom. The number of allylic oxidation sites excluding steroid dienone is 3. The molecule has 1 aliphatic carbocycles. The number of carbonyl (C=O) groups excluding carboxylic acids is 1. The molecule has 0 amide bonds. The molecule has 1 saturated carbocycles. The standard InChI is InChI=1S/C41H52N2O/c1-4-9-36(41(44)37-19-20-37)11-7-10-31(2)28-38-22-25-42-24-8-12-39(29-32(38)3)35-17-14-33(15-18-35)30-34-16-21-40-13-5-6-26-43(40)27-23-34/h8,11-12,14-18,22,24-25,28-29,37,40H,4-7,9-10,13,19-21,23,26-27,30H2,1-3H3/b12-8?,24-8?,25-22?,31-28-,32-29?,36-11-,38-22?,38-32?,39-12?,39-29?,42-24?,42-25?. The maximum absolute atomic E-state index is 12.6. The molecule has 1 saturated heterocycles. The van der Waals surface area contributed by atoms with Crippen LogP contribution >= 0.6 is 0 Å². The molecular formula is C41H52N2O. The Morgan fingerprint density at radius 1 is 0.977 bits per heavy atom. The van der Waals surface area contributed by atoms with Crippen LogP contribution in [0.2, 0.25) is 0 Å². The first-order valence-electron chi connectivity index (χ1n) is 17.2. The molecule has 0 spiro atoms. The van der Waals surface area contributed by atoms with Crippen molar-refractivity contribution in [2.24, 2.45) is 5.92 Å². The van der Waals surface area contributed by atoms with Crippen LogP contribution in [0.15, 0.2) is 89.8 Å². The summed E-state index contributed by atoms with van der Waals surface area (Å²) in [6.07, 6.45) is 24.3. The van der Waals surface area contributed by atoms with Gasteiger partial charge in [0, 0.05) is 30.9 Å². The molecule has 0 radical (unpaired) electrons. The third-order valence-electron chi connectivity index (χ3n) is 9.60. The summed E-state index contributed by atoms with van der Waals surface area (Å²) in [5, 5.41) is 0. The van der Waals surface area contributed by atoms with Gasteiger partial charge in [0.05, 0.1) is 0 Å². The van der Waals surface area contributed by atoms with E-state index in [1.54, 1.807) is 5.57 Å². The van der Waals surface area contributed by atoms with Gasteiger partial charge in [0.2, 0.25) is 0 Å². The van der Waals surface area contributed by atoms with E-state index < -0.39 is 0 Å². The van der Waals surface area contributed by atoms with Crippen LogP contribution in [-0.4, -0.2) is 34.8 Å². The monoisotopic (exact) mass is 588 g/mol. The molecule has 232 valence electrons. The lowest BCUT2D eigenvalue weighted by atomic mass is 9.97. The molecule has 2 fully saturated rings. The van der Waals surface area contributed by atoms with Crippen LogP contribution in [0.25, 0.3) is 17.2 Å². The Morgan fingerprint density at radius 3 is 2.61 bits per heavy atom. The van der Waals surface area contributed by atoms with Gasteiger partial charge in [-0.3, -0.25) is 14.7 Å². The topological polar surface area (TPSA) is 33.2 Å². The van der Waals surface area contributed by atoms with Crippen molar-refractivity contribution in [1.29, 1.82) is 0 Å². The van der Waals surface area contributed by atoms with Crippen LogP contribution in [0.1, 0.15) is 101 Å². The van der Waals surface area contributed by atoms with Gasteiger partial charge in [0.15, 0.2) is 5.78 Å². The van der Waals surface area contributed by atoms with E-state index in [0.717, 1.165) is 56.6 Å². The van der Waals surface area contributed by atoms with Gasteiger partial charge < -0.3 is 0 Å². The molecule has 1 aromatic heterocycles. The summed E-state index contributed by atoms with van der Waals surface area (Å²) in [5.74, 6) is 0.704. The Balaban J connectivity index is 1.29. The van der Waals surface area contributed by atoms with Gasteiger partial charge >= 0.3 is 0 Å².